The van der Waals surface area contributed by atoms with Crippen molar-refractivity contribution in [2.75, 3.05) is 19.5 Å². The number of amides is 1. The van der Waals surface area contributed by atoms with Crippen molar-refractivity contribution in [2.45, 2.75) is 16.5 Å². The molecular formula is C18H18BrN5O3S. The van der Waals surface area contributed by atoms with Gasteiger partial charge >= 0.3 is 0 Å². The Morgan fingerprint density at radius 3 is 2.64 bits per heavy atom. The number of aryl methyl sites for hydroxylation is 1. The average Bonchev–Trinajstić information content (AvgIpc) is 3.08. The number of aromatic nitrogens is 4. The second-order valence-electron chi connectivity index (χ2n) is 5.74. The Kier molecular flexibility index (Phi) is 6.53. The molecular weight excluding hydrogens is 446 g/mol. The van der Waals surface area contributed by atoms with Gasteiger partial charge < -0.3 is 14.8 Å². The number of nitrogens with zero attached hydrogens (tertiary/aromatic N) is 4. The zero-order valence-electron chi connectivity index (χ0n) is 15.5. The maximum absolute atomic E-state index is 12.6. The molecule has 1 amide bonds. The third kappa shape index (κ3) is 4.82. The fourth-order valence-electron chi connectivity index (χ4n) is 2.47. The van der Waals surface area contributed by atoms with Crippen LogP contribution in [-0.2, 0) is 18.3 Å². The average molecular weight is 464 g/mol. The van der Waals surface area contributed by atoms with Gasteiger partial charge in [-0.1, -0.05) is 22.0 Å². The fourth-order valence-corrected chi connectivity index (χ4v) is 3.63. The molecule has 0 saturated carbocycles. The van der Waals surface area contributed by atoms with Crippen LogP contribution >= 0.6 is 27.7 Å². The van der Waals surface area contributed by atoms with E-state index < -0.39 is 0 Å². The number of nitrogens with one attached hydrogen (secondary N) is 1. The lowest BCUT2D eigenvalue weighted by Gasteiger charge is -2.12. The third-order valence-electron chi connectivity index (χ3n) is 3.81. The summed E-state index contributed by atoms with van der Waals surface area (Å²) in [5, 5.41) is 15.0. The number of methoxy groups -OCH3 is 2. The molecule has 3 aromatic rings. The molecule has 1 heterocycles. The number of tetrazole rings is 1. The zero-order valence-corrected chi connectivity index (χ0v) is 17.9. The van der Waals surface area contributed by atoms with Crippen LogP contribution in [0.4, 0.5) is 5.69 Å². The Hall–Kier alpha value is -2.59. The topological polar surface area (TPSA) is 91.2 Å². The van der Waals surface area contributed by atoms with Crippen LogP contribution < -0.4 is 14.8 Å². The van der Waals surface area contributed by atoms with E-state index in [0.29, 0.717) is 22.3 Å². The van der Waals surface area contributed by atoms with Crippen LogP contribution in [0.15, 0.2) is 50.9 Å². The molecule has 1 aromatic heterocycles. The summed E-state index contributed by atoms with van der Waals surface area (Å²) < 4.78 is 13.0. The van der Waals surface area contributed by atoms with Gasteiger partial charge in [-0.2, -0.15) is 0 Å². The maximum atomic E-state index is 12.6. The highest BCUT2D eigenvalue weighted by Gasteiger charge is 2.14. The second-order valence-corrected chi connectivity index (χ2v) is 7.67. The van der Waals surface area contributed by atoms with E-state index in [2.05, 4.69) is 36.8 Å². The summed E-state index contributed by atoms with van der Waals surface area (Å²) >= 11 is 4.81. The van der Waals surface area contributed by atoms with E-state index in [1.54, 1.807) is 38.1 Å². The lowest BCUT2D eigenvalue weighted by molar-refractivity contribution is -0.115. The Morgan fingerprint density at radius 2 is 1.96 bits per heavy atom. The number of hydrogen-bond acceptors (Lipinski definition) is 7. The number of carbonyl (C=O) groups is 1. The van der Waals surface area contributed by atoms with Crippen LogP contribution in [0.1, 0.15) is 5.56 Å². The van der Waals surface area contributed by atoms with Crippen LogP contribution in [0.25, 0.3) is 0 Å². The van der Waals surface area contributed by atoms with E-state index in [-0.39, 0.29) is 12.3 Å². The summed E-state index contributed by atoms with van der Waals surface area (Å²) in [6.07, 6.45) is 0.197. The van der Waals surface area contributed by atoms with E-state index in [4.69, 9.17) is 9.47 Å². The van der Waals surface area contributed by atoms with Crippen LogP contribution in [0, 0.1) is 0 Å². The van der Waals surface area contributed by atoms with Crippen molar-refractivity contribution >= 4 is 39.3 Å². The fraction of sp³-hybridized carbons (Fsp3) is 0.222. The molecule has 0 saturated heterocycles. The Balaban J connectivity index is 1.76. The summed E-state index contributed by atoms with van der Waals surface area (Å²) in [6, 6.07) is 11.1. The number of halogens is 1. The number of rotatable bonds is 7. The summed E-state index contributed by atoms with van der Waals surface area (Å²) in [5.41, 5.74) is 1.49. The maximum Gasteiger partial charge on any atom is 0.228 e. The first-order valence-electron chi connectivity index (χ1n) is 8.20. The van der Waals surface area contributed by atoms with Crippen molar-refractivity contribution < 1.29 is 14.3 Å². The molecule has 0 fully saturated rings. The standard InChI is InChI=1S/C18H18BrN5O3S/c1-24-18(21-22-23-24)28-16-7-5-12(19)10-13(16)20-17(25)9-11-4-6-14(26-2)15(8-11)27-3/h4-8,10H,9H2,1-3H3,(H,20,25). The van der Waals surface area contributed by atoms with E-state index in [0.717, 1.165) is 14.9 Å². The first-order chi connectivity index (χ1) is 13.5. The first-order valence-corrected chi connectivity index (χ1v) is 9.81. The Bertz CT molecular complexity index is 995. The number of anilines is 1. The Morgan fingerprint density at radius 1 is 1.18 bits per heavy atom. The molecule has 0 aliphatic carbocycles. The first kappa shape index (κ1) is 20.2. The Labute approximate surface area is 174 Å². The number of hydrogen-bond donors (Lipinski definition) is 1. The summed E-state index contributed by atoms with van der Waals surface area (Å²) in [4.78, 5) is 13.5. The molecule has 0 bridgehead atoms. The molecule has 3 rings (SSSR count). The highest BCUT2D eigenvalue weighted by atomic mass is 79.9. The van der Waals surface area contributed by atoms with Crippen molar-refractivity contribution in [3.63, 3.8) is 0 Å². The van der Waals surface area contributed by atoms with Gasteiger partial charge in [0.1, 0.15) is 0 Å². The van der Waals surface area contributed by atoms with Gasteiger partial charge in [-0.05, 0) is 58.1 Å². The minimum Gasteiger partial charge on any atom is -0.493 e. The van der Waals surface area contributed by atoms with Crippen molar-refractivity contribution in [3.05, 3.63) is 46.4 Å². The molecule has 0 atom stereocenters. The van der Waals surface area contributed by atoms with Gasteiger partial charge in [0.2, 0.25) is 11.1 Å². The second kappa shape index (κ2) is 9.07. The normalized spacial score (nSPS) is 10.6. The molecule has 0 aliphatic heterocycles. The third-order valence-corrected chi connectivity index (χ3v) is 5.41. The molecule has 0 spiro atoms. The van der Waals surface area contributed by atoms with Crippen molar-refractivity contribution in [2.24, 2.45) is 7.05 Å². The van der Waals surface area contributed by atoms with Gasteiger partial charge in [0.25, 0.3) is 0 Å². The van der Waals surface area contributed by atoms with E-state index in [1.165, 1.54) is 11.8 Å². The molecule has 0 unspecified atom stereocenters. The van der Waals surface area contributed by atoms with E-state index in [9.17, 15) is 4.79 Å². The van der Waals surface area contributed by atoms with Crippen molar-refractivity contribution in [1.82, 2.24) is 20.2 Å². The van der Waals surface area contributed by atoms with Gasteiger partial charge in [0.05, 0.1) is 26.3 Å². The van der Waals surface area contributed by atoms with Crippen molar-refractivity contribution in [3.8, 4) is 11.5 Å². The molecule has 2 aromatic carbocycles. The minimum atomic E-state index is -0.150. The predicted molar refractivity (Wildman–Crippen MR) is 109 cm³/mol. The summed E-state index contributed by atoms with van der Waals surface area (Å²) in [5.74, 6) is 1.05. The predicted octanol–water partition coefficient (Wildman–Crippen LogP) is 3.32. The smallest absolute Gasteiger partial charge is 0.228 e. The van der Waals surface area contributed by atoms with Gasteiger partial charge in [0, 0.05) is 16.4 Å². The van der Waals surface area contributed by atoms with Gasteiger partial charge in [-0.15, -0.1) is 5.10 Å². The molecule has 10 heteroatoms. The molecule has 28 heavy (non-hydrogen) atoms. The SMILES string of the molecule is COc1ccc(CC(=O)Nc2cc(Br)ccc2Sc2nnnn2C)cc1OC. The molecule has 146 valence electrons. The van der Waals surface area contributed by atoms with Crippen LogP contribution in [0.3, 0.4) is 0 Å². The van der Waals surface area contributed by atoms with E-state index in [1.807, 2.05) is 24.3 Å². The highest BCUT2D eigenvalue weighted by molar-refractivity contribution is 9.10. The summed E-state index contributed by atoms with van der Waals surface area (Å²) in [6.45, 7) is 0. The lowest BCUT2D eigenvalue weighted by Crippen LogP contribution is -2.15. The monoisotopic (exact) mass is 463 g/mol. The van der Waals surface area contributed by atoms with Gasteiger partial charge in [-0.25, -0.2) is 4.68 Å². The highest BCUT2D eigenvalue weighted by Crippen LogP contribution is 2.34. The van der Waals surface area contributed by atoms with Crippen molar-refractivity contribution in [1.29, 1.82) is 0 Å². The zero-order chi connectivity index (χ0) is 20.1. The van der Waals surface area contributed by atoms with Crippen LogP contribution in [0.5, 0.6) is 11.5 Å². The van der Waals surface area contributed by atoms with Gasteiger partial charge in [0.15, 0.2) is 11.5 Å². The molecule has 1 N–H and O–H groups in total. The number of carbonyl (C=O) groups excluding carboxylic acids is 1. The van der Waals surface area contributed by atoms with Gasteiger partial charge in [-0.3, -0.25) is 4.79 Å². The minimum absolute atomic E-state index is 0.150. The summed E-state index contributed by atoms with van der Waals surface area (Å²) in [7, 11) is 4.90. The van der Waals surface area contributed by atoms with Crippen LogP contribution in [0.2, 0.25) is 0 Å². The molecule has 0 radical (unpaired) electrons. The molecule has 8 nitrogen and oxygen atoms in total. The van der Waals surface area contributed by atoms with Crippen LogP contribution in [-0.4, -0.2) is 40.3 Å². The lowest BCUT2D eigenvalue weighted by atomic mass is 10.1. The van der Waals surface area contributed by atoms with E-state index >= 15 is 0 Å². The number of benzene rings is 2. The molecule has 0 aliphatic rings. The number of ether oxygens (including phenoxy) is 2. The largest absolute Gasteiger partial charge is 0.493 e. The quantitative estimate of drug-likeness (QED) is 0.574.